The average molecular weight is 201 g/mol. The zero-order valence-electron chi connectivity index (χ0n) is 9.30. The molecule has 0 aliphatic heterocycles. The van der Waals surface area contributed by atoms with Crippen LogP contribution in [-0.2, 0) is 0 Å². The van der Waals surface area contributed by atoms with E-state index >= 15 is 0 Å². The fourth-order valence-electron chi connectivity index (χ4n) is 2.60. The van der Waals surface area contributed by atoms with Gasteiger partial charge in [-0.3, -0.25) is 0 Å². The van der Waals surface area contributed by atoms with Gasteiger partial charge < -0.3 is 27.4 Å². The summed E-state index contributed by atoms with van der Waals surface area (Å²) in [6, 6.07) is 0.424. The Morgan fingerprint density at radius 2 is 1.86 bits per heavy atom. The van der Waals surface area contributed by atoms with Crippen molar-refractivity contribution in [2.45, 2.75) is 24.2 Å². The van der Waals surface area contributed by atoms with Crippen LogP contribution >= 0.6 is 0 Å². The topological polar surface area (TPSA) is 88.1 Å². The minimum Gasteiger partial charge on any atom is -0.330 e. The summed E-state index contributed by atoms with van der Waals surface area (Å²) in [5, 5.41) is 9.86. The van der Waals surface area contributed by atoms with Crippen molar-refractivity contribution in [3.8, 4) is 0 Å². The number of hydrogen-bond acceptors (Lipinski definition) is 5. The van der Waals surface area contributed by atoms with E-state index in [9.17, 15) is 0 Å². The fraction of sp³-hybridized carbons (Fsp3) is 1.00. The molecule has 5 nitrogen and oxygen atoms in total. The lowest BCUT2D eigenvalue weighted by Crippen LogP contribution is -2.60. The van der Waals surface area contributed by atoms with Crippen molar-refractivity contribution in [1.82, 2.24) is 16.0 Å². The largest absolute Gasteiger partial charge is 0.330 e. The van der Waals surface area contributed by atoms with Crippen LogP contribution in [0.1, 0.15) is 6.42 Å². The Hall–Kier alpha value is -0.200. The molecule has 0 heterocycles. The standard InChI is InChI=1S/C9H23N5/c1-12-7-4-9(13-2,14-3)6(5-10)8(7)11/h6-8,12-14H,4-5,10-11H2,1-3H3. The maximum atomic E-state index is 6.15. The normalized spacial score (nSPS) is 36.2. The van der Waals surface area contributed by atoms with E-state index in [1.165, 1.54) is 0 Å². The van der Waals surface area contributed by atoms with E-state index in [0.717, 1.165) is 6.42 Å². The molecular formula is C9H23N5. The molecule has 0 aromatic heterocycles. The van der Waals surface area contributed by atoms with Crippen LogP contribution in [0.2, 0.25) is 0 Å². The maximum absolute atomic E-state index is 6.15. The Labute approximate surface area is 86.0 Å². The summed E-state index contributed by atoms with van der Waals surface area (Å²) in [6.45, 7) is 0.598. The van der Waals surface area contributed by atoms with Crippen LogP contribution in [0.5, 0.6) is 0 Å². The second-order valence-corrected chi connectivity index (χ2v) is 3.99. The predicted octanol–water partition coefficient (Wildman–Crippen LogP) is -1.98. The Bertz CT molecular complexity index is 180. The number of nitrogens with one attached hydrogen (secondary N) is 3. The highest BCUT2D eigenvalue weighted by molar-refractivity contribution is 5.08. The van der Waals surface area contributed by atoms with Gasteiger partial charge in [0, 0.05) is 18.0 Å². The average Bonchev–Trinajstić information content (AvgIpc) is 2.51. The van der Waals surface area contributed by atoms with Crippen LogP contribution in [-0.4, -0.2) is 45.4 Å². The highest BCUT2D eigenvalue weighted by Crippen LogP contribution is 2.31. The lowest BCUT2D eigenvalue weighted by Gasteiger charge is -2.35. The van der Waals surface area contributed by atoms with Crippen molar-refractivity contribution in [2.75, 3.05) is 27.7 Å². The highest BCUT2D eigenvalue weighted by atomic mass is 15.2. The molecule has 14 heavy (non-hydrogen) atoms. The third-order valence-electron chi connectivity index (χ3n) is 3.62. The summed E-state index contributed by atoms with van der Waals surface area (Å²) >= 11 is 0. The lowest BCUT2D eigenvalue weighted by atomic mass is 9.94. The zero-order valence-corrected chi connectivity index (χ0v) is 9.30. The van der Waals surface area contributed by atoms with E-state index in [1.807, 2.05) is 21.1 Å². The number of hydrogen-bond donors (Lipinski definition) is 5. The van der Waals surface area contributed by atoms with Gasteiger partial charge in [0.05, 0.1) is 5.66 Å². The summed E-state index contributed by atoms with van der Waals surface area (Å²) in [6.07, 6.45) is 0.958. The van der Waals surface area contributed by atoms with Crippen LogP contribution in [0.4, 0.5) is 0 Å². The smallest absolute Gasteiger partial charge is 0.0754 e. The predicted molar refractivity (Wildman–Crippen MR) is 58.8 cm³/mol. The Kier molecular flexibility index (Phi) is 3.86. The van der Waals surface area contributed by atoms with Gasteiger partial charge in [0.25, 0.3) is 0 Å². The summed E-state index contributed by atoms with van der Waals surface area (Å²) < 4.78 is 0. The van der Waals surface area contributed by atoms with E-state index < -0.39 is 0 Å². The third kappa shape index (κ3) is 1.66. The fourth-order valence-corrected chi connectivity index (χ4v) is 2.60. The van der Waals surface area contributed by atoms with Gasteiger partial charge >= 0.3 is 0 Å². The van der Waals surface area contributed by atoms with E-state index in [1.54, 1.807) is 0 Å². The first-order valence-electron chi connectivity index (χ1n) is 5.16. The molecule has 0 amide bonds. The van der Waals surface area contributed by atoms with E-state index in [0.29, 0.717) is 12.6 Å². The molecule has 0 aromatic rings. The molecule has 0 radical (unpaired) electrons. The second-order valence-electron chi connectivity index (χ2n) is 3.99. The SMILES string of the molecule is CNC1CC(NC)(NC)C(CN)C1N. The molecule has 1 saturated carbocycles. The van der Waals surface area contributed by atoms with E-state index in [-0.39, 0.29) is 17.6 Å². The van der Waals surface area contributed by atoms with Gasteiger partial charge in [0.15, 0.2) is 0 Å². The molecule has 1 aliphatic rings. The first-order valence-corrected chi connectivity index (χ1v) is 5.16. The van der Waals surface area contributed by atoms with Gasteiger partial charge in [0.2, 0.25) is 0 Å². The summed E-state index contributed by atoms with van der Waals surface area (Å²) in [4.78, 5) is 0. The molecule has 7 N–H and O–H groups in total. The Balaban J connectivity index is 2.86. The quantitative estimate of drug-likeness (QED) is 0.340. The molecule has 1 aliphatic carbocycles. The van der Waals surface area contributed by atoms with Crippen molar-refractivity contribution in [1.29, 1.82) is 0 Å². The zero-order chi connectivity index (χ0) is 10.8. The number of rotatable bonds is 4. The van der Waals surface area contributed by atoms with Crippen molar-refractivity contribution < 1.29 is 0 Å². The Morgan fingerprint density at radius 1 is 1.29 bits per heavy atom. The molecule has 1 rings (SSSR count). The maximum Gasteiger partial charge on any atom is 0.0754 e. The minimum atomic E-state index is -0.123. The van der Waals surface area contributed by atoms with Gasteiger partial charge in [-0.15, -0.1) is 0 Å². The molecule has 1 fully saturated rings. The molecule has 0 spiro atoms. The number of nitrogens with two attached hydrogens (primary N) is 2. The first-order chi connectivity index (χ1) is 6.65. The summed E-state index contributed by atoms with van der Waals surface area (Å²) in [5.41, 5.74) is 11.8. The molecule has 0 aromatic carbocycles. The van der Waals surface area contributed by atoms with Crippen molar-refractivity contribution in [3.63, 3.8) is 0 Å². The van der Waals surface area contributed by atoms with Crippen LogP contribution in [0, 0.1) is 5.92 Å². The van der Waals surface area contributed by atoms with Crippen molar-refractivity contribution in [3.05, 3.63) is 0 Å². The third-order valence-corrected chi connectivity index (χ3v) is 3.62. The summed E-state index contributed by atoms with van der Waals surface area (Å²) in [7, 11) is 5.84. The van der Waals surface area contributed by atoms with Crippen LogP contribution in [0.15, 0.2) is 0 Å². The molecule has 84 valence electrons. The van der Waals surface area contributed by atoms with Gasteiger partial charge in [-0.1, -0.05) is 0 Å². The summed E-state index contributed by atoms with van der Waals surface area (Å²) in [5.74, 6) is 0.259. The highest BCUT2D eigenvalue weighted by Gasteiger charge is 2.49. The van der Waals surface area contributed by atoms with Crippen LogP contribution in [0.25, 0.3) is 0 Å². The van der Waals surface area contributed by atoms with Crippen molar-refractivity contribution in [2.24, 2.45) is 17.4 Å². The molecule has 0 saturated heterocycles. The lowest BCUT2D eigenvalue weighted by molar-refractivity contribution is 0.213. The van der Waals surface area contributed by atoms with Gasteiger partial charge in [0.1, 0.15) is 0 Å². The molecule has 5 heteroatoms. The van der Waals surface area contributed by atoms with Gasteiger partial charge in [-0.2, -0.15) is 0 Å². The minimum absolute atomic E-state index is 0.102. The monoisotopic (exact) mass is 201 g/mol. The molecule has 0 bridgehead atoms. The molecular weight excluding hydrogens is 178 g/mol. The van der Waals surface area contributed by atoms with Crippen LogP contribution in [0.3, 0.4) is 0 Å². The van der Waals surface area contributed by atoms with E-state index in [2.05, 4.69) is 16.0 Å². The molecule has 3 atom stereocenters. The number of likely N-dealkylation sites (N-methyl/N-ethyl adjacent to an activating group) is 1. The second kappa shape index (κ2) is 4.55. The van der Waals surface area contributed by atoms with Gasteiger partial charge in [-0.05, 0) is 34.1 Å². The Morgan fingerprint density at radius 3 is 2.14 bits per heavy atom. The van der Waals surface area contributed by atoms with Crippen molar-refractivity contribution >= 4 is 0 Å². The first kappa shape index (κ1) is 11.9. The van der Waals surface area contributed by atoms with E-state index in [4.69, 9.17) is 11.5 Å². The van der Waals surface area contributed by atoms with Crippen LogP contribution < -0.4 is 27.4 Å². The molecule has 3 unspecified atom stereocenters. The van der Waals surface area contributed by atoms with Gasteiger partial charge in [-0.25, -0.2) is 0 Å².